The molecular weight excluding hydrogens is 270 g/mol. The number of amides is 2. The standard InChI is InChI=1S/C14H13NO2S.C2H6/c1-2-15-13(16)12(18-14(15)17)10-6-9-11-7-4-3-5-8-11;1-2/h3-10H,2H2,1H3;1-2H3/b9-6+,12-10+;. The van der Waals surface area contributed by atoms with Gasteiger partial charge in [0.15, 0.2) is 0 Å². The van der Waals surface area contributed by atoms with Gasteiger partial charge in [0.05, 0.1) is 4.91 Å². The Labute approximate surface area is 124 Å². The van der Waals surface area contributed by atoms with Gasteiger partial charge in [-0.3, -0.25) is 14.5 Å². The minimum Gasteiger partial charge on any atom is -0.269 e. The Hall–Kier alpha value is -1.81. The summed E-state index contributed by atoms with van der Waals surface area (Å²) in [6, 6.07) is 9.80. The zero-order valence-electron chi connectivity index (χ0n) is 12.0. The van der Waals surface area contributed by atoms with Crippen molar-refractivity contribution < 1.29 is 9.59 Å². The van der Waals surface area contributed by atoms with Gasteiger partial charge >= 0.3 is 0 Å². The first-order valence-electron chi connectivity index (χ1n) is 6.69. The van der Waals surface area contributed by atoms with Gasteiger partial charge in [-0.25, -0.2) is 0 Å². The SMILES string of the molecule is CC.CCN1C(=O)S/C(=C/C=C/c2ccccc2)C1=O. The van der Waals surface area contributed by atoms with E-state index in [-0.39, 0.29) is 11.1 Å². The smallest absolute Gasteiger partial charge is 0.269 e. The highest BCUT2D eigenvalue weighted by molar-refractivity contribution is 8.18. The summed E-state index contributed by atoms with van der Waals surface area (Å²) >= 11 is 0.989. The predicted molar refractivity (Wildman–Crippen MR) is 85.3 cm³/mol. The van der Waals surface area contributed by atoms with E-state index < -0.39 is 0 Å². The molecule has 0 saturated carbocycles. The number of carbonyl (C=O) groups excluding carboxylic acids is 2. The molecule has 0 bridgehead atoms. The van der Waals surface area contributed by atoms with Crippen LogP contribution >= 0.6 is 11.8 Å². The maximum atomic E-state index is 11.8. The van der Waals surface area contributed by atoms with Crippen molar-refractivity contribution in [2.75, 3.05) is 6.54 Å². The van der Waals surface area contributed by atoms with Crippen LogP contribution in [0.4, 0.5) is 4.79 Å². The molecule has 0 aromatic heterocycles. The summed E-state index contributed by atoms with van der Waals surface area (Å²) in [6.45, 7) is 6.21. The molecule has 2 amide bonds. The number of imide groups is 1. The molecule has 1 fully saturated rings. The second kappa shape index (κ2) is 8.38. The van der Waals surface area contributed by atoms with Crippen LogP contribution in [0.2, 0.25) is 0 Å². The third-order valence-corrected chi connectivity index (χ3v) is 3.45. The maximum Gasteiger partial charge on any atom is 0.293 e. The van der Waals surface area contributed by atoms with Crippen LogP contribution < -0.4 is 0 Å². The molecule has 0 spiro atoms. The Kier molecular flexibility index (Phi) is 6.81. The number of allylic oxidation sites excluding steroid dienone is 2. The van der Waals surface area contributed by atoms with Gasteiger partial charge < -0.3 is 0 Å². The van der Waals surface area contributed by atoms with Crippen molar-refractivity contribution in [3.8, 4) is 0 Å². The fourth-order valence-electron chi connectivity index (χ4n) is 1.60. The zero-order chi connectivity index (χ0) is 15.0. The van der Waals surface area contributed by atoms with Gasteiger partial charge in [0.1, 0.15) is 0 Å². The van der Waals surface area contributed by atoms with Crippen LogP contribution in [0.25, 0.3) is 6.08 Å². The van der Waals surface area contributed by atoms with Crippen LogP contribution in [0.3, 0.4) is 0 Å². The average Bonchev–Trinajstić information content (AvgIpc) is 2.76. The first-order chi connectivity index (χ1) is 9.72. The van der Waals surface area contributed by atoms with E-state index in [2.05, 4.69) is 0 Å². The van der Waals surface area contributed by atoms with E-state index in [4.69, 9.17) is 0 Å². The summed E-state index contributed by atoms with van der Waals surface area (Å²) in [4.78, 5) is 25.0. The first kappa shape index (κ1) is 16.2. The molecule has 1 aromatic carbocycles. The Morgan fingerprint density at radius 2 is 1.80 bits per heavy atom. The molecule has 0 radical (unpaired) electrons. The quantitative estimate of drug-likeness (QED) is 0.777. The fourth-order valence-corrected chi connectivity index (χ4v) is 2.45. The molecule has 3 nitrogen and oxygen atoms in total. The molecule has 0 aliphatic carbocycles. The lowest BCUT2D eigenvalue weighted by molar-refractivity contribution is -0.122. The highest BCUT2D eigenvalue weighted by Crippen LogP contribution is 2.30. The van der Waals surface area contributed by atoms with Crippen molar-refractivity contribution in [2.45, 2.75) is 20.8 Å². The van der Waals surface area contributed by atoms with Crippen molar-refractivity contribution in [1.29, 1.82) is 0 Å². The van der Waals surface area contributed by atoms with Crippen LogP contribution in [-0.4, -0.2) is 22.6 Å². The minimum absolute atomic E-state index is 0.193. The molecule has 1 aliphatic heterocycles. The second-order valence-electron chi connectivity index (χ2n) is 3.72. The van der Waals surface area contributed by atoms with E-state index in [0.29, 0.717) is 11.4 Å². The Bertz CT molecular complexity index is 521. The number of carbonyl (C=O) groups is 2. The molecule has 1 aromatic rings. The molecule has 1 heterocycles. The highest BCUT2D eigenvalue weighted by Gasteiger charge is 2.33. The molecule has 0 atom stereocenters. The van der Waals surface area contributed by atoms with Crippen molar-refractivity contribution in [3.63, 3.8) is 0 Å². The summed E-state index contributed by atoms with van der Waals surface area (Å²) in [5.74, 6) is -0.204. The van der Waals surface area contributed by atoms with Crippen LogP contribution in [0, 0.1) is 0 Å². The van der Waals surface area contributed by atoms with Crippen LogP contribution in [-0.2, 0) is 4.79 Å². The lowest BCUT2D eigenvalue weighted by Gasteiger charge is -2.06. The third-order valence-electron chi connectivity index (χ3n) is 2.53. The van der Waals surface area contributed by atoms with Gasteiger partial charge in [-0.15, -0.1) is 0 Å². The monoisotopic (exact) mass is 289 g/mol. The fraction of sp³-hybridized carbons (Fsp3) is 0.250. The lowest BCUT2D eigenvalue weighted by atomic mass is 10.2. The van der Waals surface area contributed by atoms with Crippen molar-refractivity contribution >= 4 is 29.0 Å². The van der Waals surface area contributed by atoms with Crippen molar-refractivity contribution in [1.82, 2.24) is 4.90 Å². The molecule has 0 unspecified atom stereocenters. The lowest BCUT2D eigenvalue weighted by Crippen LogP contribution is -2.27. The number of hydrogen-bond donors (Lipinski definition) is 0. The van der Waals surface area contributed by atoms with Gasteiger partial charge in [-0.05, 0) is 30.3 Å². The number of thioether (sulfide) groups is 1. The molecule has 0 N–H and O–H groups in total. The van der Waals surface area contributed by atoms with Crippen LogP contribution in [0.15, 0.2) is 47.4 Å². The molecule has 4 heteroatoms. The van der Waals surface area contributed by atoms with E-state index in [0.717, 1.165) is 17.3 Å². The maximum absolute atomic E-state index is 11.8. The third kappa shape index (κ3) is 4.10. The Balaban J connectivity index is 0.000000956. The summed E-state index contributed by atoms with van der Waals surface area (Å²) in [5.41, 5.74) is 1.06. The van der Waals surface area contributed by atoms with E-state index in [1.807, 2.05) is 50.3 Å². The topological polar surface area (TPSA) is 37.4 Å². The number of hydrogen-bond acceptors (Lipinski definition) is 3. The van der Waals surface area contributed by atoms with E-state index in [1.165, 1.54) is 4.90 Å². The zero-order valence-corrected chi connectivity index (χ0v) is 12.8. The van der Waals surface area contributed by atoms with Crippen LogP contribution in [0.1, 0.15) is 26.3 Å². The normalized spacial score (nSPS) is 16.8. The largest absolute Gasteiger partial charge is 0.293 e. The molecule has 1 aliphatic rings. The number of benzene rings is 1. The van der Waals surface area contributed by atoms with Crippen LogP contribution in [0.5, 0.6) is 0 Å². The molecule has 1 saturated heterocycles. The summed E-state index contributed by atoms with van der Waals surface area (Å²) in [5, 5.41) is -0.193. The van der Waals surface area contributed by atoms with Gasteiger partial charge in [0.25, 0.3) is 11.1 Å². The summed E-state index contributed by atoms with van der Waals surface area (Å²) in [7, 11) is 0. The first-order valence-corrected chi connectivity index (χ1v) is 7.51. The van der Waals surface area contributed by atoms with Gasteiger partial charge in [0.2, 0.25) is 0 Å². The molecule has 2 rings (SSSR count). The van der Waals surface area contributed by atoms with Crippen molar-refractivity contribution in [3.05, 3.63) is 53.0 Å². The number of likely N-dealkylation sites (N-methyl/N-ethyl adjacent to an activating group) is 1. The van der Waals surface area contributed by atoms with Crippen molar-refractivity contribution in [2.24, 2.45) is 0 Å². The minimum atomic E-state index is -0.204. The second-order valence-corrected chi connectivity index (χ2v) is 4.71. The Morgan fingerprint density at radius 3 is 2.35 bits per heavy atom. The Morgan fingerprint density at radius 1 is 1.15 bits per heavy atom. The average molecular weight is 289 g/mol. The molecule has 20 heavy (non-hydrogen) atoms. The van der Waals surface area contributed by atoms with Gasteiger partial charge in [-0.2, -0.15) is 0 Å². The van der Waals surface area contributed by atoms with Gasteiger partial charge in [0, 0.05) is 6.54 Å². The van der Waals surface area contributed by atoms with Gasteiger partial charge in [-0.1, -0.05) is 56.3 Å². The van der Waals surface area contributed by atoms with E-state index in [9.17, 15) is 9.59 Å². The molecular formula is C16H19NO2S. The number of nitrogens with zero attached hydrogens (tertiary/aromatic N) is 1. The van der Waals surface area contributed by atoms with E-state index in [1.54, 1.807) is 19.1 Å². The van der Waals surface area contributed by atoms with E-state index >= 15 is 0 Å². The highest BCUT2D eigenvalue weighted by atomic mass is 32.2. The summed E-state index contributed by atoms with van der Waals surface area (Å²) in [6.07, 6.45) is 5.38. The molecule has 106 valence electrons. The number of rotatable bonds is 3. The summed E-state index contributed by atoms with van der Waals surface area (Å²) < 4.78 is 0. The predicted octanol–water partition coefficient (Wildman–Crippen LogP) is 4.33.